The third-order valence-electron chi connectivity index (χ3n) is 4.83. The molecule has 0 bridgehead atoms. The number of hydrogen-bond donors (Lipinski definition) is 2. The van der Waals surface area contributed by atoms with Gasteiger partial charge in [-0.05, 0) is 72.6 Å². The van der Waals surface area contributed by atoms with E-state index in [1.165, 1.54) is 11.6 Å². The Labute approximate surface area is 140 Å². The van der Waals surface area contributed by atoms with Crippen LogP contribution in [0.3, 0.4) is 0 Å². The molecule has 0 radical (unpaired) electrons. The Kier molecular flexibility index (Phi) is 3.69. The number of nitrogen functional groups attached to an aromatic ring is 1. The molecule has 1 fully saturated rings. The molecule has 4 rings (SSSR count). The number of aryl methyl sites for hydroxylation is 1. The monoisotopic (exact) mass is 321 g/mol. The molecule has 24 heavy (non-hydrogen) atoms. The van der Waals surface area contributed by atoms with Crippen molar-refractivity contribution in [1.82, 2.24) is 10.3 Å². The zero-order valence-corrected chi connectivity index (χ0v) is 13.6. The van der Waals surface area contributed by atoms with E-state index in [4.69, 9.17) is 5.73 Å². The van der Waals surface area contributed by atoms with Crippen LogP contribution in [-0.2, 0) is 6.42 Å². The van der Waals surface area contributed by atoms with Crippen molar-refractivity contribution in [2.45, 2.75) is 13.3 Å². The molecule has 2 aromatic carbocycles. The molecule has 3 N–H and O–H groups in total. The maximum Gasteiger partial charge on any atom is 0.131 e. The van der Waals surface area contributed by atoms with Crippen LogP contribution in [-0.4, -0.2) is 18.1 Å². The first-order valence-electron chi connectivity index (χ1n) is 8.26. The van der Waals surface area contributed by atoms with Gasteiger partial charge in [-0.15, -0.1) is 0 Å². The van der Waals surface area contributed by atoms with Crippen LogP contribution in [0.2, 0.25) is 0 Å². The summed E-state index contributed by atoms with van der Waals surface area (Å²) in [5.74, 6) is 0.957. The molecule has 0 amide bonds. The Morgan fingerprint density at radius 2 is 2.08 bits per heavy atom. The Hall–Kier alpha value is -2.46. The fraction of sp³-hybridized carbons (Fsp3) is 0.250. The summed E-state index contributed by atoms with van der Waals surface area (Å²) >= 11 is 0. The fourth-order valence-corrected chi connectivity index (χ4v) is 3.46. The lowest BCUT2D eigenvalue weighted by Crippen LogP contribution is -2.43. The predicted molar refractivity (Wildman–Crippen MR) is 96.4 cm³/mol. The summed E-state index contributed by atoms with van der Waals surface area (Å²) in [6.07, 6.45) is 2.75. The molecule has 0 atom stereocenters. The summed E-state index contributed by atoms with van der Waals surface area (Å²) in [5.41, 5.74) is 9.62. The normalized spacial score (nSPS) is 14.8. The van der Waals surface area contributed by atoms with Gasteiger partial charge >= 0.3 is 0 Å². The zero-order valence-electron chi connectivity index (χ0n) is 13.6. The number of nitrogens with zero attached hydrogens (tertiary/aromatic N) is 1. The van der Waals surface area contributed by atoms with E-state index in [0.29, 0.717) is 17.3 Å². The molecule has 1 aliphatic heterocycles. The summed E-state index contributed by atoms with van der Waals surface area (Å²) in [5, 5.41) is 5.43. The molecule has 2 heterocycles. The molecule has 4 heteroatoms. The van der Waals surface area contributed by atoms with E-state index in [2.05, 4.69) is 16.4 Å². The first kappa shape index (κ1) is 15.1. The summed E-state index contributed by atoms with van der Waals surface area (Å²) in [6, 6.07) is 11.3. The van der Waals surface area contributed by atoms with Crippen molar-refractivity contribution in [3.05, 3.63) is 59.5 Å². The minimum Gasteiger partial charge on any atom is -0.384 e. The van der Waals surface area contributed by atoms with Crippen molar-refractivity contribution in [3.63, 3.8) is 0 Å². The van der Waals surface area contributed by atoms with Crippen molar-refractivity contribution in [2.24, 2.45) is 5.92 Å². The van der Waals surface area contributed by atoms with E-state index in [9.17, 15) is 4.39 Å². The SMILES string of the molecule is Cc1cccc(F)c1-c1cc(CC2CNC2)c2cc(N)ncc2c1. The van der Waals surface area contributed by atoms with Crippen LogP contribution >= 0.6 is 0 Å². The highest BCUT2D eigenvalue weighted by Gasteiger charge is 2.19. The van der Waals surface area contributed by atoms with E-state index in [0.717, 1.165) is 41.4 Å². The maximum atomic E-state index is 14.4. The minimum atomic E-state index is -0.186. The Balaban J connectivity index is 1.92. The second-order valence-electron chi connectivity index (χ2n) is 6.63. The van der Waals surface area contributed by atoms with Gasteiger partial charge in [-0.1, -0.05) is 18.2 Å². The van der Waals surface area contributed by atoms with Crippen molar-refractivity contribution in [2.75, 3.05) is 18.8 Å². The summed E-state index contributed by atoms with van der Waals surface area (Å²) in [6.45, 7) is 4.01. The van der Waals surface area contributed by atoms with Gasteiger partial charge in [-0.3, -0.25) is 0 Å². The number of fused-ring (bicyclic) bond motifs is 1. The van der Waals surface area contributed by atoms with Crippen LogP contribution in [0.15, 0.2) is 42.6 Å². The number of nitrogens with one attached hydrogen (secondary N) is 1. The average Bonchev–Trinajstić information content (AvgIpc) is 2.51. The molecule has 1 aromatic heterocycles. The average molecular weight is 321 g/mol. The summed E-state index contributed by atoms with van der Waals surface area (Å²) in [7, 11) is 0. The minimum absolute atomic E-state index is 0.186. The lowest BCUT2D eigenvalue weighted by Gasteiger charge is -2.28. The van der Waals surface area contributed by atoms with Gasteiger partial charge in [0.2, 0.25) is 0 Å². The van der Waals surface area contributed by atoms with Gasteiger partial charge in [0.05, 0.1) is 0 Å². The Morgan fingerprint density at radius 3 is 2.79 bits per heavy atom. The molecule has 0 spiro atoms. The fourth-order valence-electron chi connectivity index (χ4n) is 3.46. The van der Waals surface area contributed by atoms with Crippen LogP contribution in [0, 0.1) is 18.7 Å². The number of benzene rings is 2. The van der Waals surface area contributed by atoms with Crippen LogP contribution < -0.4 is 11.1 Å². The van der Waals surface area contributed by atoms with Crippen LogP contribution in [0.4, 0.5) is 10.2 Å². The number of aromatic nitrogens is 1. The highest BCUT2D eigenvalue weighted by molar-refractivity contribution is 5.91. The molecule has 1 aliphatic rings. The van der Waals surface area contributed by atoms with Gasteiger partial charge in [0.15, 0.2) is 0 Å². The van der Waals surface area contributed by atoms with Gasteiger partial charge in [-0.25, -0.2) is 9.37 Å². The Morgan fingerprint density at radius 1 is 1.25 bits per heavy atom. The molecule has 3 aromatic rings. The van der Waals surface area contributed by atoms with E-state index in [1.807, 2.05) is 25.1 Å². The first-order chi connectivity index (χ1) is 11.6. The number of hydrogen-bond acceptors (Lipinski definition) is 3. The molecular formula is C20H20FN3. The Bertz CT molecular complexity index is 896. The molecule has 3 nitrogen and oxygen atoms in total. The van der Waals surface area contributed by atoms with Gasteiger partial charge in [0, 0.05) is 17.1 Å². The van der Waals surface area contributed by atoms with E-state index < -0.39 is 0 Å². The van der Waals surface area contributed by atoms with E-state index in [-0.39, 0.29) is 5.82 Å². The number of rotatable bonds is 3. The predicted octanol–water partition coefficient (Wildman–Crippen LogP) is 3.69. The second kappa shape index (κ2) is 5.87. The van der Waals surface area contributed by atoms with Gasteiger partial charge in [0.1, 0.15) is 11.6 Å². The number of halogens is 1. The van der Waals surface area contributed by atoms with Crippen molar-refractivity contribution >= 4 is 16.6 Å². The lowest BCUT2D eigenvalue weighted by atomic mass is 9.88. The maximum absolute atomic E-state index is 14.4. The highest BCUT2D eigenvalue weighted by atomic mass is 19.1. The summed E-state index contributed by atoms with van der Waals surface area (Å²) in [4.78, 5) is 4.21. The quantitative estimate of drug-likeness (QED) is 0.773. The standard InChI is InChI=1S/C20H20FN3/c1-12-3-2-4-18(21)20(12)15-6-14(5-13-9-23-10-13)17-8-19(22)24-11-16(17)7-15/h2-4,6-8,11,13,23H,5,9-10H2,1H3,(H2,22,24). The topological polar surface area (TPSA) is 50.9 Å². The van der Waals surface area contributed by atoms with Gasteiger partial charge in [0.25, 0.3) is 0 Å². The zero-order chi connectivity index (χ0) is 16.7. The van der Waals surface area contributed by atoms with E-state index in [1.54, 1.807) is 12.3 Å². The number of anilines is 1. The smallest absolute Gasteiger partial charge is 0.131 e. The highest BCUT2D eigenvalue weighted by Crippen LogP contribution is 2.33. The molecule has 122 valence electrons. The third-order valence-corrected chi connectivity index (χ3v) is 4.83. The van der Waals surface area contributed by atoms with E-state index >= 15 is 0 Å². The second-order valence-corrected chi connectivity index (χ2v) is 6.63. The third kappa shape index (κ3) is 2.63. The molecule has 0 saturated carbocycles. The van der Waals surface area contributed by atoms with Crippen molar-refractivity contribution in [3.8, 4) is 11.1 Å². The first-order valence-corrected chi connectivity index (χ1v) is 8.26. The van der Waals surface area contributed by atoms with Crippen LogP contribution in [0.25, 0.3) is 21.9 Å². The summed E-state index contributed by atoms with van der Waals surface area (Å²) < 4.78 is 14.4. The molecule has 0 unspecified atom stereocenters. The van der Waals surface area contributed by atoms with Gasteiger partial charge in [-0.2, -0.15) is 0 Å². The number of pyridine rings is 1. The van der Waals surface area contributed by atoms with Crippen molar-refractivity contribution < 1.29 is 4.39 Å². The van der Waals surface area contributed by atoms with Crippen molar-refractivity contribution in [1.29, 1.82) is 0 Å². The van der Waals surface area contributed by atoms with Crippen LogP contribution in [0.5, 0.6) is 0 Å². The van der Waals surface area contributed by atoms with Crippen LogP contribution in [0.1, 0.15) is 11.1 Å². The molecular weight excluding hydrogens is 301 g/mol. The lowest BCUT2D eigenvalue weighted by molar-refractivity contribution is 0.347. The number of nitrogens with two attached hydrogens (primary N) is 1. The molecule has 1 saturated heterocycles. The largest absolute Gasteiger partial charge is 0.384 e. The van der Waals surface area contributed by atoms with Gasteiger partial charge < -0.3 is 11.1 Å². The molecule has 0 aliphatic carbocycles.